The molecule has 0 radical (unpaired) electrons. The highest BCUT2D eigenvalue weighted by Gasteiger charge is 2.03. The van der Waals surface area contributed by atoms with Crippen LogP contribution in [0.15, 0.2) is 17.1 Å². The molecule has 0 amide bonds. The van der Waals surface area contributed by atoms with Gasteiger partial charge in [-0.25, -0.2) is 0 Å². The summed E-state index contributed by atoms with van der Waals surface area (Å²) < 4.78 is 1.36. The molecular weight excluding hydrogens is 321 g/mol. The Hall–Kier alpha value is -0.300. The molecule has 0 saturated carbocycles. The number of halogens is 1. The van der Waals surface area contributed by atoms with Crippen LogP contribution in [-0.2, 0) is 6.42 Å². The third-order valence-corrected chi connectivity index (χ3v) is 4.14. The molecule has 0 aliphatic carbocycles. The SMILES string of the molecule is Ic1ccc(CCNC2=NCCCN2)s1. The fourth-order valence-corrected chi connectivity index (χ4v) is 3.20. The smallest absolute Gasteiger partial charge is 0.191 e. The maximum Gasteiger partial charge on any atom is 0.191 e. The van der Waals surface area contributed by atoms with Crippen molar-refractivity contribution in [1.82, 2.24) is 10.6 Å². The summed E-state index contributed by atoms with van der Waals surface area (Å²) in [6.45, 7) is 2.96. The van der Waals surface area contributed by atoms with Crippen LogP contribution in [0.5, 0.6) is 0 Å². The summed E-state index contributed by atoms with van der Waals surface area (Å²) >= 11 is 4.22. The fraction of sp³-hybridized carbons (Fsp3) is 0.500. The molecule has 0 spiro atoms. The van der Waals surface area contributed by atoms with E-state index in [0.717, 1.165) is 38.4 Å². The first kappa shape index (κ1) is 11.2. The quantitative estimate of drug-likeness (QED) is 0.827. The molecule has 5 heteroatoms. The molecule has 1 aliphatic rings. The van der Waals surface area contributed by atoms with Gasteiger partial charge in [0.15, 0.2) is 5.96 Å². The molecule has 2 N–H and O–H groups in total. The third-order valence-electron chi connectivity index (χ3n) is 2.19. The van der Waals surface area contributed by atoms with E-state index in [2.05, 4.69) is 50.3 Å². The van der Waals surface area contributed by atoms with Crippen molar-refractivity contribution in [3.8, 4) is 0 Å². The van der Waals surface area contributed by atoms with Gasteiger partial charge >= 0.3 is 0 Å². The molecule has 1 aromatic heterocycles. The van der Waals surface area contributed by atoms with Gasteiger partial charge in [-0.15, -0.1) is 11.3 Å². The molecule has 1 aromatic rings. The van der Waals surface area contributed by atoms with Gasteiger partial charge in [0, 0.05) is 24.5 Å². The number of guanidine groups is 1. The number of thiophene rings is 1. The lowest BCUT2D eigenvalue weighted by atomic mass is 10.3. The zero-order chi connectivity index (χ0) is 10.5. The zero-order valence-electron chi connectivity index (χ0n) is 8.42. The Balaban J connectivity index is 1.72. The molecule has 0 saturated heterocycles. The largest absolute Gasteiger partial charge is 0.356 e. The van der Waals surface area contributed by atoms with Crippen LogP contribution in [0.25, 0.3) is 0 Å². The van der Waals surface area contributed by atoms with Crippen LogP contribution in [0, 0.1) is 2.88 Å². The zero-order valence-corrected chi connectivity index (χ0v) is 11.4. The summed E-state index contributed by atoms with van der Waals surface area (Å²) in [5.41, 5.74) is 0. The van der Waals surface area contributed by atoms with Gasteiger partial charge in [0.1, 0.15) is 0 Å². The second-order valence-electron chi connectivity index (χ2n) is 3.39. The van der Waals surface area contributed by atoms with Gasteiger partial charge < -0.3 is 10.6 Å². The average molecular weight is 335 g/mol. The lowest BCUT2D eigenvalue weighted by molar-refractivity contribution is 0.701. The summed E-state index contributed by atoms with van der Waals surface area (Å²) in [7, 11) is 0. The molecule has 0 atom stereocenters. The second kappa shape index (κ2) is 5.69. The van der Waals surface area contributed by atoms with E-state index in [0.29, 0.717) is 0 Å². The third kappa shape index (κ3) is 3.64. The van der Waals surface area contributed by atoms with Gasteiger partial charge in [-0.3, -0.25) is 4.99 Å². The van der Waals surface area contributed by atoms with E-state index in [1.165, 1.54) is 7.76 Å². The lowest BCUT2D eigenvalue weighted by Crippen LogP contribution is -2.41. The molecule has 2 rings (SSSR count). The van der Waals surface area contributed by atoms with Crippen LogP contribution in [0.2, 0.25) is 0 Å². The van der Waals surface area contributed by atoms with Crippen LogP contribution in [0.4, 0.5) is 0 Å². The Bertz CT molecular complexity index is 348. The maximum absolute atomic E-state index is 4.36. The molecule has 0 fully saturated rings. The number of nitrogens with one attached hydrogen (secondary N) is 2. The van der Waals surface area contributed by atoms with E-state index in [4.69, 9.17) is 0 Å². The minimum atomic E-state index is 0.951. The Morgan fingerprint density at radius 2 is 2.47 bits per heavy atom. The van der Waals surface area contributed by atoms with Crippen LogP contribution in [0.1, 0.15) is 11.3 Å². The maximum atomic E-state index is 4.36. The molecule has 0 aromatic carbocycles. The molecular formula is C10H14IN3S. The number of nitrogens with zero attached hydrogens (tertiary/aromatic N) is 1. The average Bonchev–Trinajstić information content (AvgIpc) is 2.66. The highest BCUT2D eigenvalue weighted by molar-refractivity contribution is 14.1. The van der Waals surface area contributed by atoms with Crippen molar-refractivity contribution >= 4 is 39.9 Å². The predicted molar refractivity (Wildman–Crippen MR) is 73.7 cm³/mol. The first-order valence-corrected chi connectivity index (χ1v) is 7.00. The molecule has 2 heterocycles. The van der Waals surface area contributed by atoms with Gasteiger partial charge in [-0.2, -0.15) is 0 Å². The Morgan fingerprint density at radius 1 is 1.53 bits per heavy atom. The Kier molecular flexibility index (Phi) is 4.25. The molecule has 82 valence electrons. The van der Waals surface area contributed by atoms with E-state index in [-0.39, 0.29) is 0 Å². The first-order chi connectivity index (χ1) is 7.34. The van der Waals surface area contributed by atoms with Crippen LogP contribution < -0.4 is 10.6 Å². The van der Waals surface area contributed by atoms with E-state index in [9.17, 15) is 0 Å². The van der Waals surface area contributed by atoms with Crippen LogP contribution in [0.3, 0.4) is 0 Å². The Labute approximate surface area is 108 Å². The standard InChI is InChI=1S/C10H14IN3S/c11-9-3-2-8(15-9)4-7-14-10-12-5-1-6-13-10/h2-3H,1,4-7H2,(H2,12,13,14). The van der Waals surface area contributed by atoms with Crippen LogP contribution in [-0.4, -0.2) is 25.6 Å². The van der Waals surface area contributed by atoms with E-state index in [1.807, 2.05) is 11.3 Å². The normalized spacial score (nSPS) is 15.7. The number of hydrogen-bond donors (Lipinski definition) is 2. The minimum Gasteiger partial charge on any atom is -0.356 e. The summed E-state index contributed by atoms with van der Waals surface area (Å²) in [5, 5.41) is 6.57. The van der Waals surface area contributed by atoms with Crippen molar-refractivity contribution in [2.45, 2.75) is 12.8 Å². The first-order valence-electron chi connectivity index (χ1n) is 5.11. The summed E-state index contributed by atoms with van der Waals surface area (Å²) in [5.74, 6) is 0.965. The number of hydrogen-bond acceptors (Lipinski definition) is 4. The van der Waals surface area contributed by atoms with Crippen molar-refractivity contribution < 1.29 is 0 Å². The molecule has 1 aliphatic heterocycles. The minimum absolute atomic E-state index is 0.951. The molecule has 0 bridgehead atoms. The van der Waals surface area contributed by atoms with Gasteiger partial charge in [0.05, 0.1) is 2.88 Å². The van der Waals surface area contributed by atoms with E-state index in [1.54, 1.807) is 0 Å². The predicted octanol–water partition coefficient (Wildman–Crippen LogP) is 1.83. The molecule has 0 unspecified atom stereocenters. The van der Waals surface area contributed by atoms with Crippen molar-refractivity contribution in [2.24, 2.45) is 4.99 Å². The summed E-state index contributed by atoms with van der Waals surface area (Å²) in [6, 6.07) is 4.36. The van der Waals surface area contributed by atoms with Gasteiger partial charge in [-0.1, -0.05) is 0 Å². The van der Waals surface area contributed by atoms with Crippen molar-refractivity contribution in [1.29, 1.82) is 0 Å². The number of aliphatic imine (C=N–C) groups is 1. The molecule has 3 nitrogen and oxygen atoms in total. The van der Waals surface area contributed by atoms with Crippen molar-refractivity contribution in [3.05, 3.63) is 19.9 Å². The second-order valence-corrected chi connectivity index (χ2v) is 6.46. The Morgan fingerprint density at radius 3 is 3.13 bits per heavy atom. The van der Waals surface area contributed by atoms with Gasteiger partial charge in [-0.05, 0) is 47.6 Å². The van der Waals surface area contributed by atoms with E-state index < -0.39 is 0 Å². The molecule has 15 heavy (non-hydrogen) atoms. The number of rotatable bonds is 3. The topological polar surface area (TPSA) is 36.4 Å². The van der Waals surface area contributed by atoms with Crippen molar-refractivity contribution in [3.63, 3.8) is 0 Å². The monoisotopic (exact) mass is 335 g/mol. The lowest BCUT2D eigenvalue weighted by Gasteiger charge is -2.15. The van der Waals surface area contributed by atoms with E-state index >= 15 is 0 Å². The summed E-state index contributed by atoms with van der Waals surface area (Å²) in [6.07, 6.45) is 2.22. The van der Waals surface area contributed by atoms with Gasteiger partial charge in [0.25, 0.3) is 0 Å². The summed E-state index contributed by atoms with van der Waals surface area (Å²) in [4.78, 5) is 5.80. The van der Waals surface area contributed by atoms with Crippen molar-refractivity contribution in [2.75, 3.05) is 19.6 Å². The van der Waals surface area contributed by atoms with Gasteiger partial charge in [0.2, 0.25) is 0 Å². The van der Waals surface area contributed by atoms with Crippen LogP contribution >= 0.6 is 33.9 Å². The highest BCUT2D eigenvalue weighted by atomic mass is 127. The highest BCUT2D eigenvalue weighted by Crippen LogP contribution is 2.18. The fourth-order valence-electron chi connectivity index (χ4n) is 1.44.